The van der Waals surface area contributed by atoms with Crippen molar-refractivity contribution in [3.8, 4) is 0 Å². The van der Waals surface area contributed by atoms with Gasteiger partial charge in [-0.2, -0.15) is 5.10 Å². The van der Waals surface area contributed by atoms with Gasteiger partial charge in [-0.05, 0) is 15.6 Å². The number of azide groups is 1. The minimum absolute atomic E-state index is 0.149. The Bertz CT molecular complexity index is 341. The van der Waals surface area contributed by atoms with E-state index < -0.39 is 10.7 Å². The van der Waals surface area contributed by atoms with E-state index >= 15 is 0 Å². The van der Waals surface area contributed by atoms with Gasteiger partial charge in [-0.1, -0.05) is 0 Å². The summed E-state index contributed by atoms with van der Waals surface area (Å²) in [6.45, 7) is 0. The largest absolute Gasteiger partial charge is 0.413 e. The quantitative estimate of drug-likeness (QED) is 0.222. The van der Waals surface area contributed by atoms with Gasteiger partial charge >= 0.3 is 5.82 Å². The summed E-state index contributed by atoms with van der Waals surface area (Å²) in [5, 5.41) is 18.5. The third-order valence-electron chi connectivity index (χ3n) is 1.08. The number of nitrogens with one attached hydrogen (secondary N) is 1. The Balaban J connectivity index is 3.21. The number of anilines is 1. The van der Waals surface area contributed by atoms with Gasteiger partial charge in [-0.15, -0.1) is 0 Å². The van der Waals surface area contributed by atoms with Gasteiger partial charge in [0.25, 0.3) is 0 Å². The van der Waals surface area contributed by atoms with Crippen molar-refractivity contribution in [3.63, 3.8) is 0 Å². The lowest BCUT2D eigenvalue weighted by Crippen LogP contribution is -1.92. The Kier molecular flexibility index (Phi) is 1.80. The number of hydrogen-bond acceptors (Lipinski definition) is 5. The van der Waals surface area contributed by atoms with E-state index in [-0.39, 0.29) is 11.5 Å². The lowest BCUT2D eigenvalue weighted by molar-refractivity contribution is -0.388. The molecule has 0 spiro atoms. The summed E-state index contributed by atoms with van der Waals surface area (Å²) in [5.41, 5.74) is 12.9. The van der Waals surface area contributed by atoms with E-state index in [0.717, 1.165) is 0 Å². The van der Waals surface area contributed by atoms with Gasteiger partial charge in [0.1, 0.15) is 0 Å². The van der Waals surface area contributed by atoms with E-state index in [1.54, 1.807) is 0 Å². The van der Waals surface area contributed by atoms with Crippen LogP contribution in [0.3, 0.4) is 0 Å². The molecule has 0 unspecified atom stereocenters. The number of hydrogen-bond donors (Lipinski definition) is 2. The number of nitrogens with zero attached hydrogens (tertiary/aromatic N) is 5. The molecular formula is C3H3N7O2. The maximum Gasteiger partial charge on any atom is 0.413 e. The molecule has 1 rings (SSSR count). The van der Waals surface area contributed by atoms with E-state index in [9.17, 15) is 10.1 Å². The molecule has 62 valence electrons. The summed E-state index contributed by atoms with van der Waals surface area (Å²) in [6.07, 6.45) is 0. The lowest BCUT2D eigenvalue weighted by Gasteiger charge is -1.87. The van der Waals surface area contributed by atoms with E-state index in [0.29, 0.717) is 0 Å². The molecule has 0 atom stereocenters. The SMILES string of the molecule is [N-]=[N+]=Nc1[nH]nc([N+](=O)[O-])c1N. The Morgan fingerprint density at radius 2 is 2.50 bits per heavy atom. The topological polar surface area (TPSA) is 147 Å². The first-order valence-electron chi connectivity index (χ1n) is 2.70. The molecule has 0 aliphatic rings. The van der Waals surface area contributed by atoms with E-state index in [2.05, 4.69) is 20.2 Å². The lowest BCUT2D eigenvalue weighted by atomic mass is 10.5. The van der Waals surface area contributed by atoms with Crippen LogP contribution in [0, 0.1) is 10.1 Å². The Hall–Kier alpha value is -2.28. The molecule has 0 bridgehead atoms. The molecule has 9 heteroatoms. The monoisotopic (exact) mass is 169 g/mol. The van der Waals surface area contributed by atoms with E-state index in [1.807, 2.05) is 0 Å². The highest BCUT2D eigenvalue weighted by molar-refractivity contribution is 5.67. The van der Waals surface area contributed by atoms with Gasteiger partial charge in [-0.3, -0.25) is 0 Å². The normalized spacial score (nSPS) is 9.00. The third-order valence-corrected chi connectivity index (χ3v) is 1.08. The summed E-state index contributed by atoms with van der Waals surface area (Å²) in [7, 11) is 0. The van der Waals surface area contributed by atoms with Gasteiger partial charge in [0.15, 0.2) is 11.5 Å². The molecular weight excluding hydrogens is 166 g/mol. The second kappa shape index (κ2) is 2.76. The number of H-pyrrole nitrogens is 1. The van der Waals surface area contributed by atoms with Crippen LogP contribution >= 0.6 is 0 Å². The first-order valence-corrected chi connectivity index (χ1v) is 2.70. The van der Waals surface area contributed by atoms with Crippen LogP contribution in [-0.2, 0) is 0 Å². The summed E-state index contributed by atoms with van der Waals surface area (Å²) < 4.78 is 0. The second-order valence-electron chi connectivity index (χ2n) is 1.76. The maximum absolute atomic E-state index is 10.1. The zero-order valence-electron chi connectivity index (χ0n) is 5.63. The summed E-state index contributed by atoms with van der Waals surface area (Å²) in [6, 6.07) is 0. The fraction of sp³-hybridized carbons (Fsp3) is 0. The average Bonchev–Trinajstić information content (AvgIpc) is 2.34. The molecule has 0 aliphatic carbocycles. The highest BCUT2D eigenvalue weighted by Gasteiger charge is 2.19. The molecule has 0 radical (unpaired) electrons. The van der Waals surface area contributed by atoms with Crippen molar-refractivity contribution >= 4 is 17.3 Å². The Morgan fingerprint density at radius 3 is 2.92 bits per heavy atom. The number of aromatic amines is 1. The minimum Gasteiger partial charge on any atom is -0.390 e. The van der Waals surface area contributed by atoms with E-state index in [1.165, 1.54) is 0 Å². The number of rotatable bonds is 2. The molecule has 1 aromatic heterocycles. The second-order valence-corrected chi connectivity index (χ2v) is 1.76. The van der Waals surface area contributed by atoms with Crippen LogP contribution in [0.25, 0.3) is 10.4 Å². The van der Waals surface area contributed by atoms with Crippen molar-refractivity contribution in [1.82, 2.24) is 10.2 Å². The summed E-state index contributed by atoms with van der Waals surface area (Å²) in [5.74, 6) is -0.693. The van der Waals surface area contributed by atoms with Crippen molar-refractivity contribution in [2.24, 2.45) is 5.11 Å². The van der Waals surface area contributed by atoms with Crippen LogP contribution in [0.2, 0.25) is 0 Å². The van der Waals surface area contributed by atoms with Crippen LogP contribution in [0.15, 0.2) is 5.11 Å². The Morgan fingerprint density at radius 1 is 1.83 bits per heavy atom. The van der Waals surface area contributed by atoms with Gasteiger partial charge in [0, 0.05) is 4.91 Å². The Labute approximate surface area is 65.0 Å². The van der Waals surface area contributed by atoms with E-state index in [4.69, 9.17) is 11.3 Å². The summed E-state index contributed by atoms with van der Waals surface area (Å²) in [4.78, 5) is 11.8. The maximum atomic E-state index is 10.1. The molecule has 0 aromatic carbocycles. The molecule has 9 nitrogen and oxygen atoms in total. The van der Waals surface area contributed by atoms with Crippen molar-refractivity contribution in [1.29, 1.82) is 0 Å². The molecule has 0 amide bonds. The van der Waals surface area contributed by atoms with Gasteiger partial charge in [0.2, 0.25) is 0 Å². The number of nitro groups is 1. The predicted molar refractivity (Wildman–Crippen MR) is 38.5 cm³/mol. The molecule has 0 saturated heterocycles. The van der Waals surface area contributed by atoms with Gasteiger partial charge in [-0.25, -0.2) is 0 Å². The highest BCUT2D eigenvalue weighted by atomic mass is 16.6. The third kappa shape index (κ3) is 1.11. The highest BCUT2D eigenvalue weighted by Crippen LogP contribution is 2.27. The average molecular weight is 169 g/mol. The number of nitrogens with two attached hydrogens (primary N) is 1. The predicted octanol–water partition coefficient (Wildman–Crippen LogP) is 0.842. The summed E-state index contributed by atoms with van der Waals surface area (Å²) >= 11 is 0. The van der Waals surface area contributed by atoms with Gasteiger partial charge < -0.3 is 15.8 Å². The fourth-order valence-corrected chi connectivity index (χ4v) is 0.592. The van der Waals surface area contributed by atoms with Crippen LogP contribution in [-0.4, -0.2) is 15.1 Å². The van der Waals surface area contributed by atoms with Crippen LogP contribution in [0.5, 0.6) is 0 Å². The molecule has 0 fully saturated rings. The first kappa shape index (κ1) is 7.82. The first-order chi connectivity index (χ1) is 5.66. The van der Waals surface area contributed by atoms with Crippen LogP contribution in [0.4, 0.5) is 17.3 Å². The van der Waals surface area contributed by atoms with Crippen LogP contribution < -0.4 is 5.73 Å². The molecule has 0 aliphatic heterocycles. The van der Waals surface area contributed by atoms with Gasteiger partial charge in [0.05, 0.1) is 5.10 Å². The van der Waals surface area contributed by atoms with Crippen molar-refractivity contribution in [2.75, 3.05) is 5.73 Å². The minimum atomic E-state index is -0.776. The van der Waals surface area contributed by atoms with Crippen molar-refractivity contribution in [2.45, 2.75) is 0 Å². The molecule has 1 heterocycles. The molecule has 3 N–H and O–H groups in total. The number of aromatic nitrogens is 2. The molecule has 0 saturated carbocycles. The standard InChI is InChI=1S/C3H3N7O2/c4-1-2(7-9-5)6-8-3(1)10(11)12/h4H2,(H,6,8). The van der Waals surface area contributed by atoms with Crippen molar-refractivity contribution in [3.05, 3.63) is 20.6 Å². The molecule has 1 aromatic rings. The van der Waals surface area contributed by atoms with Crippen molar-refractivity contribution < 1.29 is 4.92 Å². The van der Waals surface area contributed by atoms with Crippen LogP contribution in [0.1, 0.15) is 0 Å². The smallest absolute Gasteiger partial charge is 0.390 e. The number of nitrogen functional groups attached to an aromatic ring is 1. The fourth-order valence-electron chi connectivity index (χ4n) is 0.592. The zero-order valence-corrected chi connectivity index (χ0v) is 5.63. The molecule has 12 heavy (non-hydrogen) atoms. The zero-order chi connectivity index (χ0) is 9.14.